The third kappa shape index (κ3) is 6.03. The summed E-state index contributed by atoms with van der Waals surface area (Å²) < 4.78 is 28.0. The number of carbonyl (C=O) groups is 1. The molecule has 0 saturated heterocycles. The summed E-state index contributed by atoms with van der Waals surface area (Å²) in [6.07, 6.45) is 9.58. The Kier molecular flexibility index (Phi) is 7.00. The summed E-state index contributed by atoms with van der Waals surface area (Å²) in [5.41, 5.74) is 1.42. The smallest absolute Gasteiger partial charge is 0.319 e. The van der Waals surface area contributed by atoms with E-state index in [0.29, 0.717) is 12.2 Å². The highest BCUT2D eigenvalue weighted by Gasteiger charge is 2.21. The van der Waals surface area contributed by atoms with E-state index in [1.165, 1.54) is 25.0 Å². The van der Waals surface area contributed by atoms with Crippen LogP contribution in [-0.4, -0.2) is 25.5 Å². The number of nitrogens with zero attached hydrogens (tertiary/aromatic N) is 1. The van der Waals surface area contributed by atoms with Gasteiger partial charge in [0.15, 0.2) is 0 Å². The fraction of sp³-hybridized carbons (Fsp3) is 0.400. The minimum absolute atomic E-state index is 0.00329. The summed E-state index contributed by atoms with van der Waals surface area (Å²) in [5, 5.41) is 5.43. The van der Waals surface area contributed by atoms with Crippen LogP contribution in [0.15, 0.2) is 53.7 Å². The molecule has 28 heavy (non-hydrogen) atoms. The Bertz CT molecular complexity index is 862. The first-order valence-corrected chi connectivity index (χ1v) is 11.1. The number of benzene rings is 1. The fourth-order valence-corrected chi connectivity index (χ4v) is 4.57. The molecular weight excluding hydrogens is 376 g/mol. The fourth-order valence-electron chi connectivity index (χ4n) is 3.26. The highest BCUT2D eigenvalue weighted by Crippen LogP contribution is 2.20. The first kappa shape index (κ1) is 20.3. The first-order chi connectivity index (χ1) is 13.5. The zero-order valence-electron chi connectivity index (χ0n) is 15.7. The number of aromatic nitrogens is 1. The van der Waals surface area contributed by atoms with Gasteiger partial charge in [-0.05, 0) is 48.7 Å². The van der Waals surface area contributed by atoms with Gasteiger partial charge in [0.1, 0.15) is 0 Å². The van der Waals surface area contributed by atoms with Crippen LogP contribution in [0.25, 0.3) is 0 Å². The second-order valence-corrected chi connectivity index (χ2v) is 8.72. The average Bonchev–Trinajstić information content (AvgIpc) is 2.96. The molecule has 3 rings (SSSR count). The van der Waals surface area contributed by atoms with E-state index in [9.17, 15) is 13.2 Å². The molecule has 1 aromatic carbocycles. The summed E-state index contributed by atoms with van der Waals surface area (Å²) in [4.78, 5) is 16.2. The standard InChI is InChI=1S/C20H26N4O3S/c25-20(22-15-16-6-5-13-21-14-16)23-17-9-11-19(12-10-17)28(26,27)24-18-7-3-1-2-4-8-18/h5-6,9-14,18,24H,1-4,7-8,15H2,(H2,22,23,25). The Balaban J connectivity index is 1.54. The number of amides is 2. The number of pyridine rings is 1. The van der Waals surface area contributed by atoms with Crippen molar-refractivity contribution in [2.24, 2.45) is 0 Å². The second-order valence-electron chi connectivity index (χ2n) is 7.00. The summed E-state index contributed by atoms with van der Waals surface area (Å²) in [6.45, 7) is 0.359. The Hall–Kier alpha value is -2.45. The SMILES string of the molecule is O=C(NCc1cccnc1)Nc1ccc(S(=O)(=O)NC2CCCCCC2)cc1. The van der Waals surface area contributed by atoms with Crippen molar-refractivity contribution in [3.8, 4) is 0 Å². The van der Waals surface area contributed by atoms with E-state index < -0.39 is 10.0 Å². The molecule has 0 aliphatic heterocycles. The van der Waals surface area contributed by atoms with Crippen LogP contribution in [0.1, 0.15) is 44.1 Å². The quantitative estimate of drug-likeness (QED) is 0.645. The predicted octanol–water partition coefficient (Wildman–Crippen LogP) is 3.40. The van der Waals surface area contributed by atoms with Crippen molar-refractivity contribution in [3.63, 3.8) is 0 Å². The molecule has 1 fully saturated rings. The van der Waals surface area contributed by atoms with E-state index in [1.807, 2.05) is 6.07 Å². The van der Waals surface area contributed by atoms with Gasteiger partial charge in [-0.25, -0.2) is 17.9 Å². The molecule has 0 radical (unpaired) electrons. The van der Waals surface area contributed by atoms with Crippen molar-refractivity contribution < 1.29 is 13.2 Å². The summed E-state index contributed by atoms with van der Waals surface area (Å²) in [5.74, 6) is 0. The van der Waals surface area contributed by atoms with Crippen LogP contribution < -0.4 is 15.4 Å². The van der Waals surface area contributed by atoms with Crippen LogP contribution in [0.3, 0.4) is 0 Å². The molecule has 1 aliphatic rings. The van der Waals surface area contributed by atoms with Crippen molar-refractivity contribution >= 4 is 21.7 Å². The Morgan fingerprint density at radius 1 is 1.04 bits per heavy atom. The molecule has 0 atom stereocenters. The lowest BCUT2D eigenvalue weighted by Gasteiger charge is -2.16. The van der Waals surface area contributed by atoms with Crippen LogP contribution in [0.4, 0.5) is 10.5 Å². The van der Waals surface area contributed by atoms with E-state index in [-0.39, 0.29) is 17.0 Å². The van der Waals surface area contributed by atoms with Crippen molar-refractivity contribution in [1.82, 2.24) is 15.0 Å². The van der Waals surface area contributed by atoms with Crippen molar-refractivity contribution in [2.45, 2.75) is 56.0 Å². The molecule has 3 N–H and O–H groups in total. The van der Waals surface area contributed by atoms with Crippen LogP contribution in [0.2, 0.25) is 0 Å². The largest absolute Gasteiger partial charge is 0.334 e. The number of hydrogen-bond acceptors (Lipinski definition) is 4. The number of anilines is 1. The highest BCUT2D eigenvalue weighted by molar-refractivity contribution is 7.89. The lowest BCUT2D eigenvalue weighted by atomic mass is 10.1. The van der Waals surface area contributed by atoms with Crippen molar-refractivity contribution in [3.05, 3.63) is 54.4 Å². The van der Waals surface area contributed by atoms with Crippen LogP contribution >= 0.6 is 0 Å². The number of sulfonamides is 1. The molecule has 7 nitrogen and oxygen atoms in total. The van der Waals surface area contributed by atoms with E-state index in [4.69, 9.17) is 0 Å². The number of nitrogens with one attached hydrogen (secondary N) is 3. The molecule has 0 spiro atoms. The van der Waals surface area contributed by atoms with Crippen LogP contribution in [-0.2, 0) is 16.6 Å². The number of hydrogen-bond donors (Lipinski definition) is 3. The second kappa shape index (κ2) is 9.66. The Morgan fingerprint density at radius 3 is 2.39 bits per heavy atom. The van der Waals surface area contributed by atoms with Gasteiger partial charge in [0.05, 0.1) is 4.90 Å². The highest BCUT2D eigenvalue weighted by atomic mass is 32.2. The van der Waals surface area contributed by atoms with Gasteiger partial charge >= 0.3 is 6.03 Å². The summed E-state index contributed by atoms with van der Waals surface area (Å²) in [6, 6.07) is 9.51. The van der Waals surface area contributed by atoms with Gasteiger partial charge in [-0.2, -0.15) is 0 Å². The molecular formula is C20H26N4O3S. The number of rotatable bonds is 6. The van der Waals surface area contributed by atoms with Gasteiger partial charge < -0.3 is 10.6 Å². The lowest BCUT2D eigenvalue weighted by molar-refractivity contribution is 0.251. The van der Waals surface area contributed by atoms with Crippen molar-refractivity contribution in [1.29, 1.82) is 0 Å². The minimum Gasteiger partial charge on any atom is -0.334 e. The molecule has 8 heteroatoms. The molecule has 0 bridgehead atoms. The monoisotopic (exact) mass is 402 g/mol. The van der Waals surface area contributed by atoms with Gasteiger partial charge in [-0.1, -0.05) is 31.7 Å². The van der Waals surface area contributed by atoms with E-state index >= 15 is 0 Å². The average molecular weight is 403 g/mol. The zero-order chi connectivity index (χ0) is 19.8. The molecule has 150 valence electrons. The number of urea groups is 1. The molecule has 2 amide bonds. The maximum atomic E-state index is 12.6. The van der Waals surface area contributed by atoms with E-state index in [2.05, 4.69) is 20.3 Å². The predicted molar refractivity (Wildman–Crippen MR) is 108 cm³/mol. The zero-order valence-corrected chi connectivity index (χ0v) is 16.5. The summed E-state index contributed by atoms with van der Waals surface area (Å²) in [7, 11) is -3.55. The summed E-state index contributed by atoms with van der Waals surface area (Å²) >= 11 is 0. The Labute approximate surface area is 166 Å². The molecule has 1 heterocycles. The maximum Gasteiger partial charge on any atom is 0.319 e. The number of carbonyl (C=O) groups excluding carboxylic acids is 1. The Morgan fingerprint density at radius 2 is 1.75 bits per heavy atom. The molecule has 1 aliphatic carbocycles. The lowest BCUT2D eigenvalue weighted by Crippen LogP contribution is -2.34. The van der Waals surface area contributed by atoms with Gasteiger partial charge in [0.2, 0.25) is 10.0 Å². The maximum absolute atomic E-state index is 12.6. The molecule has 0 unspecified atom stereocenters. The third-order valence-electron chi connectivity index (χ3n) is 4.78. The molecule has 2 aromatic rings. The van der Waals surface area contributed by atoms with Crippen molar-refractivity contribution in [2.75, 3.05) is 5.32 Å². The van der Waals surface area contributed by atoms with E-state index in [0.717, 1.165) is 31.2 Å². The topological polar surface area (TPSA) is 100 Å². The van der Waals surface area contributed by atoms with Gasteiger partial charge in [0, 0.05) is 30.7 Å². The van der Waals surface area contributed by atoms with Gasteiger partial charge in [-0.3, -0.25) is 4.98 Å². The van der Waals surface area contributed by atoms with E-state index in [1.54, 1.807) is 30.6 Å². The first-order valence-electron chi connectivity index (χ1n) is 9.59. The van der Waals surface area contributed by atoms with Crippen LogP contribution in [0.5, 0.6) is 0 Å². The third-order valence-corrected chi connectivity index (χ3v) is 6.31. The van der Waals surface area contributed by atoms with Gasteiger partial charge in [-0.15, -0.1) is 0 Å². The molecule has 1 saturated carbocycles. The molecule has 1 aromatic heterocycles. The minimum atomic E-state index is -3.55. The van der Waals surface area contributed by atoms with Gasteiger partial charge in [0.25, 0.3) is 0 Å². The van der Waals surface area contributed by atoms with Crippen LogP contribution in [0, 0.1) is 0 Å². The normalized spacial score (nSPS) is 15.6.